The molecule has 0 aliphatic carbocycles. The smallest absolute Gasteiger partial charge is 0.371 e. The second kappa shape index (κ2) is 8.11. The summed E-state index contributed by atoms with van der Waals surface area (Å²) in [7, 11) is 0. The van der Waals surface area contributed by atoms with Crippen LogP contribution in [0.4, 0.5) is 18.9 Å². The zero-order chi connectivity index (χ0) is 14.0. The molecule has 0 spiro atoms. The van der Waals surface area contributed by atoms with Crippen molar-refractivity contribution in [3.63, 3.8) is 0 Å². The van der Waals surface area contributed by atoms with E-state index in [1.807, 2.05) is 36.1 Å². The largest absolute Gasteiger partial charge is 0.393 e. The first-order valence-corrected chi connectivity index (χ1v) is 6.55. The molecular weight excluding hydrogens is 324 g/mol. The number of rotatable bonds is 2. The summed E-state index contributed by atoms with van der Waals surface area (Å²) in [5.74, 6) is -1.21. The number of alkyl halides is 3. The Morgan fingerprint density at radius 3 is 2.24 bits per heavy atom. The number of hydrogen-bond donors (Lipinski definition) is 1. The molecule has 1 aromatic rings. The molecule has 2 N–H and O–H groups in total. The van der Waals surface area contributed by atoms with Crippen LogP contribution in [0.2, 0.25) is 0 Å². The maximum Gasteiger partial charge on any atom is 0.393 e. The highest BCUT2D eigenvalue weighted by atomic mass is 35.5. The second-order valence-electron chi connectivity index (χ2n) is 5.21. The summed E-state index contributed by atoms with van der Waals surface area (Å²) in [6.07, 6.45) is -3.28. The third-order valence-electron chi connectivity index (χ3n) is 3.67. The summed E-state index contributed by atoms with van der Waals surface area (Å²) in [4.78, 5) is 1.81. The van der Waals surface area contributed by atoms with E-state index in [9.17, 15) is 13.2 Å². The molecule has 0 radical (unpaired) electrons. The first-order chi connectivity index (χ1) is 8.88. The predicted octanol–water partition coefficient (Wildman–Crippen LogP) is 4.33. The fourth-order valence-corrected chi connectivity index (χ4v) is 2.47. The Morgan fingerprint density at radius 2 is 1.76 bits per heavy atom. The summed E-state index contributed by atoms with van der Waals surface area (Å²) in [6, 6.07) is 7.43. The summed E-state index contributed by atoms with van der Waals surface area (Å²) in [6.45, 7) is 2.63. The Hall–Kier alpha value is -0.650. The van der Waals surface area contributed by atoms with Crippen LogP contribution in [0.1, 0.15) is 31.4 Å². The van der Waals surface area contributed by atoms with Crippen LogP contribution in [0.5, 0.6) is 0 Å². The van der Waals surface area contributed by atoms with Gasteiger partial charge in [-0.05, 0) is 37.5 Å². The van der Waals surface area contributed by atoms with Crippen molar-refractivity contribution in [3.05, 3.63) is 29.8 Å². The van der Waals surface area contributed by atoms with Gasteiger partial charge in [0.1, 0.15) is 0 Å². The molecule has 1 saturated heterocycles. The number of benzene rings is 1. The van der Waals surface area contributed by atoms with Gasteiger partial charge in [0.05, 0.1) is 5.92 Å². The number of hydrogen-bond acceptors (Lipinski definition) is 2. The summed E-state index contributed by atoms with van der Waals surface area (Å²) < 4.78 is 38.3. The molecule has 1 aliphatic heterocycles. The van der Waals surface area contributed by atoms with Crippen LogP contribution in [-0.4, -0.2) is 19.3 Å². The van der Waals surface area contributed by atoms with Crippen molar-refractivity contribution in [2.75, 3.05) is 18.0 Å². The van der Waals surface area contributed by atoms with Gasteiger partial charge in [0, 0.05) is 24.8 Å². The third-order valence-corrected chi connectivity index (χ3v) is 3.67. The van der Waals surface area contributed by atoms with Crippen molar-refractivity contribution in [1.29, 1.82) is 0 Å². The number of nitrogens with two attached hydrogens (primary N) is 1. The quantitative estimate of drug-likeness (QED) is 0.865. The van der Waals surface area contributed by atoms with E-state index in [-0.39, 0.29) is 43.8 Å². The first-order valence-electron chi connectivity index (χ1n) is 6.55. The molecule has 1 aromatic carbocycles. The van der Waals surface area contributed by atoms with Gasteiger partial charge in [0.15, 0.2) is 0 Å². The molecule has 0 aromatic heterocycles. The number of nitrogens with zero attached hydrogens (tertiary/aromatic N) is 1. The minimum absolute atomic E-state index is 0. The molecular formula is C14H21Cl2F3N2. The Balaban J connectivity index is 0.00000200. The van der Waals surface area contributed by atoms with Crippen LogP contribution in [0.3, 0.4) is 0 Å². The normalized spacial score (nSPS) is 20.2. The lowest BCUT2D eigenvalue weighted by molar-refractivity contribution is -0.175. The average molecular weight is 345 g/mol. The van der Waals surface area contributed by atoms with E-state index in [0.29, 0.717) is 13.0 Å². The second-order valence-corrected chi connectivity index (χ2v) is 5.21. The SMILES string of the molecule is CC(N)c1ccc(N2CCCC(C(F)(F)F)C2)cc1.Cl.Cl. The lowest BCUT2D eigenvalue weighted by Gasteiger charge is -2.35. The molecule has 122 valence electrons. The minimum Gasteiger partial charge on any atom is -0.371 e. The molecule has 2 nitrogen and oxygen atoms in total. The number of halogens is 5. The third kappa shape index (κ3) is 5.24. The Bertz CT molecular complexity index is 421. The van der Waals surface area contributed by atoms with Gasteiger partial charge in [-0.3, -0.25) is 0 Å². The van der Waals surface area contributed by atoms with Gasteiger partial charge < -0.3 is 10.6 Å². The van der Waals surface area contributed by atoms with E-state index >= 15 is 0 Å². The van der Waals surface area contributed by atoms with Crippen LogP contribution >= 0.6 is 24.8 Å². The highest BCUT2D eigenvalue weighted by Crippen LogP contribution is 2.34. The maximum atomic E-state index is 12.8. The Morgan fingerprint density at radius 1 is 1.19 bits per heavy atom. The zero-order valence-electron chi connectivity index (χ0n) is 11.8. The van der Waals surface area contributed by atoms with Crippen molar-refractivity contribution in [2.45, 2.75) is 32.0 Å². The summed E-state index contributed by atoms with van der Waals surface area (Å²) in [5, 5.41) is 0. The van der Waals surface area contributed by atoms with Gasteiger partial charge in [-0.1, -0.05) is 12.1 Å². The highest BCUT2D eigenvalue weighted by molar-refractivity contribution is 5.85. The Labute approximate surface area is 135 Å². The molecule has 0 bridgehead atoms. The molecule has 2 rings (SSSR count). The number of anilines is 1. The topological polar surface area (TPSA) is 29.3 Å². The standard InChI is InChI=1S/C14H19F3N2.2ClH/c1-10(18)11-4-6-13(7-5-11)19-8-2-3-12(9-19)14(15,16)17;;/h4-7,10,12H,2-3,8-9,18H2,1H3;2*1H. The fourth-order valence-electron chi connectivity index (χ4n) is 2.47. The first kappa shape index (κ1) is 20.3. The molecule has 1 heterocycles. The molecule has 1 fully saturated rings. The van der Waals surface area contributed by atoms with Gasteiger partial charge in [-0.15, -0.1) is 24.8 Å². The van der Waals surface area contributed by atoms with Crippen molar-refractivity contribution in [1.82, 2.24) is 0 Å². The van der Waals surface area contributed by atoms with Crippen molar-refractivity contribution >= 4 is 30.5 Å². The van der Waals surface area contributed by atoms with E-state index in [2.05, 4.69) is 0 Å². The number of piperidine rings is 1. The molecule has 21 heavy (non-hydrogen) atoms. The van der Waals surface area contributed by atoms with E-state index in [4.69, 9.17) is 5.73 Å². The highest BCUT2D eigenvalue weighted by Gasteiger charge is 2.41. The lowest BCUT2D eigenvalue weighted by Crippen LogP contribution is -2.41. The van der Waals surface area contributed by atoms with Crippen molar-refractivity contribution in [3.8, 4) is 0 Å². The average Bonchev–Trinajstić information content (AvgIpc) is 2.38. The van der Waals surface area contributed by atoms with Crippen LogP contribution in [-0.2, 0) is 0 Å². The van der Waals surface area contributed by atoms with Gasteiger partial charge in [-0.25, -0.2) is 0 Å². The maximum absolute atomic E-state index is 12.8. The van der Waals surface area contributed by atoms with Gasteiger partial charge in [0.2, 0.25) is 0 Å². The fraction of sp³-hybridized carbons (Fsp3) is 0.571. The van der Waals surface area contributed by atoms with Crippen LogP contribution in [0.15, 0.2) is 24.3 Å². The minimum atomic E-state index is -4.09. The molecule has 7 heteroatoms. The molecule has 0 amide bonds. The summed E-state index contributed by atoms with van der Waals surface area (Å²) >= 11 is 0. The van der Waals surface area contributed by atoms with E-state index in [1.54, 1.807) is 0 Å². The predicted molar refractivity (Wildman–Crippen MR) is 84.5 cm³/mol. The molecule has 2 unspecified atom stereocenters. The van der Waals surface area contributed by atoms with E-state index in [0.717, 1.165) is 11.3 Å². The van der Waals surface area contributed by atoms with Crippen LogP contribution in [0.25, 0.3) is 0 Å². The monoisotopic (exact) mass is 344 g/mol. The Kier molecular flexibility index (Phi) is 7.86. The van der Waals surface area contributed by atoms with E-state index < -0.39 is 12.1 Å². The zero-order valence-corrected chi connectivity index (χ0v) is 13.4. The molecule has 1 aliphatic rings. The lowest BCUT2D eigenvalue weighted by atomic mass is 9.97. The molecule has 2 atom stereocenters. The van der Waals surface area contributed by atoms with Crippen LogP contribution in [0, 0.1) is 5.92 Å². The van der Waals surface area contributed by atoms with Crippen molar-refractivity contribution < 1.29 is 13.2 Å². The van der Waals surface area contributed by atoms with Crippen molar-refractivity contribution in [2.24, 2.45) is 11.7 Å². The van der Waals surface area contributed by atoms with Gasteiger partial charge in [-0.2, -0.15) is 13.2 Å². The van der Waals surface area contributed by atoms with Crippen LogP contribution < -0.4 is 10.6 Å². The van der Waals surface area contributed by atoms with Gasteiger partial charge in [0.25, 0.3) is 0 Å². The van der Waals surface area contributed by atoms with E-state index in [1.165, 1.54) is 0 Å². The summed E-state index contributed by atoms with van der Waals surface area (Å²) in [5.41, 5.74) is 7.60. The van der Waals surface area contributed by atoms with Gasteiger partial charge >= 0.3 is 6.18 Å². The molecule has 0 saturated carbocycles.